The van der Waals surface area contributed by atoms with E-state index >= 15 is 0 Å². The number of hydrogen-bond donors (Lipinski definition) is 3. The lowest BCUT2D eigenvalue weighted by molar-refractivity contribution is -0.167. The van der Waals surface area contributed by atoms with Crippen molar-refractivity contribution in [3.63, 3.8) is 0 Å². The molecule has 4 unspecified atom stereocenters. The second kappa shape index (κ2) is 6.24. The quantitative estimate of drug-likeness (QED) is 0.702. The van der Waals surface area contributed by atoms with Gasteiger partial charge in [0.1, 0.15) is 5.92 Å². The molecule has 4 atom stereocenters. The highest BCUT2D eigenvalue weighted by atomic mass is 16.4. The second-order valence-electron chi connectivity index (χ2n) is 6.64. The van der Waals surface area contributed by atoms with Crippen molar-refractivity contribution in [1.82, 2.24) is 0 Å². The minimum absolute atomic E-state index is 0.411. The monoisotopic (exact) mass is 335 g/mol. The fourth-order valence-electron chi connectivity index (χ4n) is 3.44. The van der Waals surface area contributed by atoms with Crippen molar-refractivity contribution in [2.75, 3.05) is 19.0 Å². The van der Waals surface area contributed by atoms with Crippen molar-refractivity contribution < 1.29 is 29.7 Å². The van der Waals surface area contributed by atoms with Crippen LogP contribution in [-0.2, 0) is 14.4 Å². The van der Waals surface area contributed by atoms with Gasteiger partial charge in [-0.15, -0.1) is 0 Å². The summed E-state index contributed by atoms with van der Waals surface area (Å²) < 4.78 is 0. The number of nitrogens with zero attached hydrogens (tertiary/aromatic N) is 1. The number of ketones is 1. The normalized spacial score (nSPS) is 30.0. The number of aliphatic hydroxyl groups is 1. The molecule has 1 aromatic carbocycles. The fourth-order valence-corrected chi connectivity index (χ4v) is 3.44. The molecule has 2 rings (SSSR count). The number of hydrogen-bond acceptors (Lipinski definition) is 5. The van der Waals surface area contributed by atoms with E-state index in [-0.39, 0.29) is 0 Å². The van der Waals surface area contributed by atoms with Crippen LogP contribution in [-0.4, -0.2) is 52.7 Å². The minimum Gasteiger partial charge on any atom is -0.481 e. The summed E-state index contributed by atoms with van der Waals surface area (Å²) >= 11 is 0. The summed E-state index contributed by atoms with van der Waals surface area (Å²) in [4.78, 5) is 37.4. The van der Waals surface area contributed by atoms with Gasteiger partial charge < -0.3 is 20.2 Å². The Hall–Kier alpha value is -2.41. The number of carbonyl (C=O) groups excluding carboxylic acids is 1. The summed E-state index contributed by atoms with van der Waals surface area (Å²) in [6, 6.07) is 6.67. The van der Waals surface area contributed by atoms with Crippen LogP contribution >= 0.6 is 0 Å². The van der Waals surface area contributed by atoms with Crippen LogP contribution in [0, 0.1) is 11.8 Å². The summed E-state index contributed by atoms with van der Waals surface area (Å²) in [6.45, 7) is 1.27. The van der Waals surface area contributed by atoms with Crippen molar-refractivity contribution in [2.45, 2.75) is 24.9 Å². The molecule has 0 amide bonds. The first-order valence-electron chi connectivity index (χ1n) is 7.54. The average Bonchev–Trinajstić information content (AvgIpc) is 2.44. The number of Topliss-reactive ketones (excluding diaryl/α,β-unsaturated/α-hetero) is 1. The van der Waals surface area contributed by atoms with E-state index in [4.69, 9.17) is 0 Å². The third-order valence-electron chi connectivity index (χ3n) is 4.59. The van der Waals surface area contributed by atoms with Crippen molar-refractivity contribution in [2.24, 2.45) is 11.8 Å². The lowest BCUT2D eigenvalue weighted by Gasteiger charge is -2.42. The number of rotatable bonds is 4. The first-order valence-corrected chi connectivity index (χ1v) is 7.54. The molecule has 3 N–H and O–H groups in total. The number of carboxylic acid groups (broad SMARTS) is 2. The molecule has 0 saturated heterocycles. The smallest absolute Gasteiger partial charge is 0.314 e. The van der Waals surface area contributed by atoms with Gasteiger partial charge in [-0.1, -0.05) is 12.1 Å². The molecule has 0 aromatic heterocycles. The Bertz CT molecular complexity index is 664. The highest BCUT2D eigenvalue weighted by molar-refractivity contribution is 6.02. The third-order valence-corrected chi connectivity index (χ3v) is 4.59. The zero-order valence-electron chi connectivity index (χ0n) is 13.8. The summed E-state index contributed by atoms with van der Waals surface area (Å²) in [5.74, 6) is -7.36. The van der Waals surface area contributed by atoms with Gasteiger partial charge in [-0.3, -0.25) is 14.4 Å². The van der Waals surface area contributed by atoms with E-state index < -0.39 is 47.5 Å². The maximum absolute atomic E-state index is 12.2. The van der Waals surface area contributed by atoms with Gasteiger partial charge in [0.15, 0.2) is 5.78 Å². The minimum atomic E-state index is -1.81. The van der Waals surface area contributed by atoms with E-state index in [2.05, 4.69) is 0 Å². The molecule has 1 aliphatic rings. The molecule has 1 aromatic rings. The predicted octanol–water partition coefficient (Wildman–Crippen LogP) is 0.962. The molecule has 24 heavy (non-hydrogen) atoms. The van der Waals surface area contributed by atoms with E-state index in [1.807, 2.05) is 19.0 Å². The van der Waals surface area contributed by atoms with Gasteiger partial charge in [0.05, 0.1) is 11.5 Å². The molecular weight excluding hydrogens is 314 g/mol. The Morgan fingerprint density at radius 3 is 2.08 bits per heavy atom. The molecule has 1 saturated carbocycles. The Morgan fingerprint density at radius 2 is 1.67 bits per heavy atom. The number of anilines is 1. The molecule has 1 fully saturated rings. The molecule has 0 heterocycles. The maximum Gasteiger partial charge on any atom is 0.314 e. The van der Waals surface area contributed by atoms with Crippen LogP contribution in [0.3, 0.4) is 0 Å². The highest BCUT2D eigenvalue weighted by Crippen LogP contribution is 2.46. The fraction of sp³-hybridized carbons (Fsp3) is 0.471. The topological polar surface area (TPSA) is 115 Å². The predicted molar refractivity (Wildman–Crippen MR) is 86.0 cm³/mol. The Kier molecular flexibility index (Phi) is 4.66. The zero-order valence-corrected chi connectivity index (χ0v) is 13.8. The Morgan fingerprint density at radius 1 is 1.12 bits per heavy atom. The van der Waals surface area contributed by atoms with Crippen LogP contribution in [0.25, 0.3) is 0 Å². The SMILES string of the molecule is CN(C)c1ccc(C2C(C(=O)O)C(=O)CC(C)(O)C2C(=O)O)cc1. The standard InChI is InChI=1S/C17H21NO6/c1-17(24)8-11(19)13(15(20)21)12(14(17)16(22)23)9-4-6-10(7-5-9)18(2)3/h4-7,12-14,24H,8H2,1-3H3,(H,20,21)(H,22,23). The van der Waals surface area contributed by atoms with E-state index in [1.165, 1.54) is 6.92 Å². The van der Waals surface area contributed by atoms with Crippen LogP contribution < -0.4 is 4.90 Å². The molecule has 1 aliphatic carbocycles. The Balaban J connectivity index is 2.58. The summed E-state index contributed by atoms with van der Waals surface area (Å²) in [5.41, 5.74) is -0.542. The molecular formula is C17H21NO6. The molecule has 0 bridgehead atoms. The van der Waals surface area contributed by atoms with Gasteiger partial charge in [0, 0.05) is 32.1 Å². The van der Waals surface area contributed by atoms with E-state index in [9.17, 15) is 29.7 Å². The zero-order chi connectivity index (χ0) is 18.2. The first-order chi connectivity index (χ1) is 11.1. The van der Waals surface area contributed by atoms with Gasteiger partial charge in [0.25, 0.3) is 0 Å². The molecule has 130 valence electrons. The number of carbonyl (C=O) groups is 3. The molecule has 0 radical (unpaired) electrons. The van der Waals surface area contributed by atoms with Crippen molar-refractivity contribution in [1.29, 1.82) is 0 Å². The second-order valence-corrected chi connectivity index (χ2v) is 6.64. The summed E-state index contributed by atoms with van der Waals surface area (Å²) in [6.07, 6.45) is -0.493. The van der Waals surface area contributed by atoms with Gasteiger partial charge in [-0.25, -0.2) is 0 Å². The molecule has 0 spiro atoms. The van der Waals surface area contributed by atoms with E-state index in [1.54, 1.807) is 24.3 Å². The average molecular weight is 335 g/mol. The summed E-state index contributed by atoms with van der Waals surface area (Å²) in [5, 5.41) is 29.5. The van der Waals surface area contributed by atoms with Crippen LogP contribution in [0.1, 0.15) is 24.8 Å². The molecule has 0 aliphatic heterocycles. The van der Waals surface area contributed by atoms with Gasteiger partial charge in [0.2, 0.25) is 0 Å². The molecule has 7 heteroatoms. The van der Waals surface area contributed by atoms with E-state index in [0.717, 1.165) is 5.69 Å². The van der Waals surface area contributed by atoms with Crippen LogP contribution in [0.5, 0.6) is 0 Å². The number of benzene rings is 1. The lowest BCUT2D eigenvalue weighted by atomic mass is 9.62. The molecule has 7 nitrogen and oxygen atoms in total. The van der Waals surface area contributed by atoms with Crippen molar-refractivity contribution in [3.8, 4) is 0 Å². The van der Waals surface area contributed by atoms with Gasteiger partial charge >= 0.3 is 11.9 Å². The first kappa shape index (κ1) is 17.9. The van der Waals surface area contributed by atoms with E-state index in [0.29, 0.717) is 5.56 Å². The Labute approximate surface area is 139 Å². The van der Waals surface area contributed by atoms with Gasteiger partial charge in [-0.05, 0) is 24.6 Å². The van der Waals surface area contributed by atoms with Gasteiger partial charge in [-0.2, -0.15) is 0 Å². The van der Waals surface area contributed by atoms with Crippen LogP contribution in [0.2, 0.25) is 0 Å². The number of carboxylic acids is 2. The highest BCUT2D eigenvalue weighted by Gasteiger charge is 2.56. The van der Waals surface area contributed by atoms with Crippen molar-refractivity contribution >= 4 is 23.4 Å². The van der Waals surface area contributed by atoms with Crippen LogP contribution in [0.4, 0.5) is 5.69 Å². The maximum atomic E-state index is 12.2. The summed E-state index contributed by atoms with van der Waals surface area (Å²) in [7, 11) is 3.67. The van der Waals surface area contributed by atoms with Crippen LogP contribution in [0.15, 0.2) is 24.3 Å². The number of aliphatic carboxylic acids is 2. The third kappa shape index (κ3) is 3.12. The van der Waals surface area contributed by atoms with Crippen molar-refractivity contribution in [3.05, 3.63) is 29.8 Å². The largest absolute Gasteiger partial charge is 0.481 e. The lowest BCUT2D eigenvalue weighted by Crippen LogP contribution is -2.54.